The Morgan fingerprint density at radius 1 is 1.28 bits per heavy atom. The van der Waals surface area contributed by atoms with Crippen LogP contribution in [0.4, 0.5) is 4.79 Å². The van der Waals surface area contributed by atoms with E-state index in [1.165, 1.54) is 0 Å². The first-order chi connectivity index (χ1) is 13.7. The summed E-state index contributed by atoms with van der Waals surface area (Å²) in [5.74, 6) is -0.926. The molecule has 0 aliphatic heterocycles. The minimum absolute atomic E-state index is 0.145. The Bertz CT molecular complexity index is 968. The lowest BCUT2D eigenvalue weighted by Gasteiger charge is -2.37. The number of pyridine rings is 1. The van der Waals surface area contributed by atoms with Gasteiger partial charge in [0.25, 0.3) is 5.91 Å². The molecule has 3 rings (SSSR count). The average molecular weight is 397 g/mol. The predicted octanol–water partition coefficient (Wildman–Crippen LogP) is 3.13. The van der Waals surface area contributed by atoms with E-state index in [0.717, 1.165) is 42.5 Å². The normalized spacial score (nSPS) is 16.2. The van der Waals surface area contributed by atoms with Gasteiger partial charge < -0.3 is 10.5 Å². The van der Waals surface area contributed by atoms with Crippen molar-refractivity contribution in [3.63, 3.8) is 0 Å². The number of nitrogens with one attached hydrogen (secondary N) is 1. The van der Waals surface area contributed by atoms with E-state index in [9.17, 15) is 14.4 Å². The number of nitrogens with two attached hydrogens (primary N) is 1. The lowest BCUT2D eigenvalue weighted by molar-refractivity contribution is -0.123. The zero-order valence-electron chi connectivity index (χ0n) is 17.1. The molecule has 7 nitrogen and oxygen atoms in total. The first-order valence-electron chi connectivity index (χ1n) is 9.89. The molecule has 1 aliphatic rings. The molecule has 0 fully saturated rings. The van der Waals surface area contributed by atoms with Gasteiger partial charge in [0.1, 0.15) is 0 Å². The van der Waals surface area contributed by atoms with Gasteiger partial charge in [-0.15, -0.1) is 0 Å². The first-order valence-corrected chi connectivity index (χ1v) is 9.89. The molecule has 29 heavy (non-hydrogen) atoms. The van der Waals surface area contributed by atoms with Crippen molar-refractivity contribution in [2.45, 2.75) is 46.5 Å². The zero-order valence-corrected chi connectivity index (χ0v) is 17.1. The number of rotatable bonds is 5. The van der Waals surface area contributed by atoms with E-state index in [1.807, 2.05) is 29.6 Å². The third-order valence-corrected chi connectivity index (χ3v) is 6.08. The van der Waals surface area contributed by atoms with E-state index in [-0.39, 0.29) is 5.41 Å². The van der Waals surface area contributed by atoms with Gasteiger partial charge in [0.15, 0.2) is 6.61 Å². The number of fused-ring (bicyclic) bond motifs is 2. The van der Waals surface area contributed by atoms with Crippen LogP contribution >= 0.6 is 0 Å². The number of urea groups is 1. The molecule has 154 valence electrons. The van der Waals surface area contributed by atoms with Gasteiger partial charge in [0.2, 0.25) is 0 Å². The number of benzene rings is 1. The Balaban J connectivity index is 1.99. The number of nitrogens with zero attached hydrogens (tertiary/aromatic N) is 1. The van der Waals surface area contributed by atoms with E-state index >= 15 is 0 Å². The largest absolute Gasteiger partial charge is 0.452 e. The molecule has 0 spiro atoms. The summed E-state index contributed by atoms with van der Waals surface area (Å²) in [6, 6.07) is 6.46. The molecule has 3 N–H and O–H groups in total. The molecule has 2 aromatic rings. The van der Waals surface area contributed by atoms with Gasteiger partial charge in [0.05, 0.1) is 11.1 Å². The molecule has 1 aromatic carbocycles. The van der Waals surface area contributed by atoms with Crippen LogP contribution < -0.4 is 11.1 Å². The zero-order chi connectivity index (χ0) is 21.2. The number of aromatic nitrogens is 1. The Kier molecular flexibility index (Phi) is 5.86. The van der Waals surface area contributed by atoms with Crippen molar-refractivity contribution in [3.8, 4) is 0 Å². The summed E-state index contributed by atoms with van der Waals surface area (Å²) < 4.78 is 5.23. The smallest absolute Gasteiger partial charge is 0.339 e. The number of amides is 3. The van der Waals surface area contributed by atoms with E-state index in [4.69, 9.17) is 15.5 Å². The van der Waals surface area contributed by atoms with Crippen molar-refractivity contribution in [2.24, 2.45) is 17.1 Å². The second-order valence-corrected chi connectivity index (χ2v) is 8.20. The van der Waals surface area contributed by atoms with Crippen LogP contribution in [0.1, 0.15) is 55.2 Å². The van der Waals surface area contributed by atoms with E-state index in [1.54, 1.807) is 0 Å². The van der Waals surface area contributed by atoms with E-state index in [0.29, 0.717) is 16.9 Å². The summed E-state index contributed by atoms with van der Waals surface area (Å²) in [6.07, 6.45) is 3.61. The molecule has 0 radical (unpaired) electrons. The maximum atomic E-state index is 13.0. The van der Waals surface area contributed by atoms with Crippen LogP contribution in [-0.2, 0) is 22.4 Å². The number of carbonyl (C=O) groups excluding carboxylic acids is 3. The Morgan fingerprint density at radius 3 is 2.69 bits per heavy atom. The summed E-state index contributed by atoms with van der Waals surface area (Å²) in [5, 5.41) is 2.60. The maximum absolute atomic E-state index is 13.0. The molecule has 1 unspecified atom stereocenters. The predicted molar refractivity (Wildman–Crippen MR) is 109 cm³/mol. The Hall–Kier alpha value is -2.96. The molecule has 7 heteroatoms. The fourth-order valence-electron chi connectivity index (χ4n) is 3.95. The number of para-hydroxylation sites is 1. The molecular weight excluding hydrogens is 370 g/mol. The Labute approximate surface area is 170 Å². The molecule has 1 aromatic heterocycles. The van der Waals surface area contributed by atoms with Crippen molar-refractivity contribution in [1.29, 1.82) is 0 Å². The SMILES string of the molecule is CCC(C)(C)C1CCc2nc3ccccc3c(C(=O)OCC(=O)NC(N)=O)c2C1. The topological polar surface area (TPSA) is 111 Å². The number of imide groups is 1. The van der Waals surface area contributed by atoms with E-state index < -0.39 is 24.5 Å². The van der Waals surface area contributed by atoms with E-state index in [2.05, 4.69) is 20.8 Å². The van der Waals surface area contributed by atoms with Crippen molar-refractivity contribution in [3.05, 3.63) is 41.1 Å². The fraction of sp³-hybridized carbons (Fsp3) is 0.455. The summed E-state index contributed by atoms with van der Waals surface area (Å²) in [4.78, 5) is 40.2. The minimum Gasteiger partial charge on any atom is -0.452 e. The van der Waals surface area contributed by atoms with Crippen molar-refractivity contribution >= 4 is 28.8 Å². The highest BCUT2D eigenvalue weighted by atomic mass is 16.5. The lowest BCUT2D eigenvalue weighted by Crippen LogP contribution is -2.38. The quantitative estimate of drug-likeness (QED) is 0.753. The number of aryl methyl sites for hydroxylation is 1. The van der Waals surface area contributed by atoms with Gasteiger partial charge in [-0.1, -0.05) is 45.4 Å². The van der Waals surface area contributed by atoms with Gasteiger partial charge in [0, 0.05) is 11.1 Å². The highest BCUT2D eigenvalue weighted by Crippen LogP contribution is 2.41. The average Bonchev–Trinajstić information content (AvgIpc) is 2.69. The standard InChI is InChI=1S/C22H27N3O4/c1-4-22(2,3)13-9-10-17-15(11-13)19(14-7-5-6-8-16(14)24-17)20(27)29-12-18(26)25-21(23)28/h5-8,13H,4,9-12H2,1-3H3,(H3,23,25,26,28). The van der Waals surface area contributed by atoms with Gasteiger partial charge in [-0.05, 0) is 42.2 Å². The summed E-state index contributed by atoms with van der Waals surface area (Å²) >= 11 is 0. The minimum atomic E-state index is -0.984. The third kappa shape index (κ3) is 4.39. The van der Waals surface area contributed by atoms with Crippen LogP contribution in [0.3, 0.4) is 0 Å². The molecule has 0 saturated heterocycles. The summed E-state index contributed by atoms with van der Waals surface area (Å²) in [5.41, 5.74) is 8.09. The second-order valence-electron chi connectivity index (χ2n) is 8.20. The second kappa shape index (κ2) is 8.19. The number of carbonyl (C=O) groups is 3. The molecule has 3 amide bonds. The summed E-state index contributed by atoms with van der Waals surface area (Å²) in [7, 11) is 0. The van der Waals surface area contributed by atoms with Crippen molar-refractivity contribution in [1.82, 2.24) is 10.3 Å². The lowest BCUT2D eigenvalue weighted by atomic mass is 9.68. The van der Waals surface area contributed by atoms with Gasteiger partial charge in [-0.2, -0.15) is 0 Å². The van der Waals surface area contributed by atoms with Crippen LogP contribution in [0.5, 0.6) is 0 Å². The number of hydrogen-bond acceptors (Lipinski definition) is 5. The molecule has 1 heterocycles. The molecular formula is C22H27N3O4. The highest BCUT2D eigenvalue weighted by molar-refractivity contribution is 6.06. The number of esters is 1. The monoisotopic (exact) mass is 397 g/mol. The van der Waals surface area contributed by atoms with Gasteiger partial charge >= 0.3 is 12.0 Å². The molecule has 1 aliphatic carbocycles. The number of ether oxygens (including phenoxy) is 1. The van der Waals surface area contributed by atoms with Crippen LogP contribution in [-0.4, -0.2) is 29.5 Å². The third-order valence-electron chi connectivity index (χ3n) is 6.08. The van der Waals surface area contributed by atoms with Crippen LogP contribution in [0, 0.1) is 11.3 Å². The van der Waals surface area contributed by atoms with Crippen LogP contribution in [0.25, 0.3) is 10.9 Å². The molecule has 0 saturated carbocycles. The summed E-state index contributed by atoms with van der Waals surface area (Å²) in [6.45, 7) is 6.12. The first kappa shape index (κ1) is 20.8. The van der Waals surface area contributed by atoms with Gasteiger partial charge in [-0.25, -0.2) is 9.59 Å². The van der Waals surface area contributed by atoms with Gasteiger partial charge in [-0.3, -0.25) is 15.1 Å². The molecule has 1 atom stereocenters. The van der Waals surface area contributed by atoms with Crippen LogP contribution in [0.15, 0.2) is 24.3 Å². The van der Waals surface area contributed by atoms with Crippen molar-refractivity contribution in [2.75, 3.05) is 6.61 Å². The number of hydrogen-bond donors (Lipinski definition) is 2. The maximum Gasteiger partial charge on any atom is 0.339 e. The van der Waals surface area contributed by atoms with Crippen molar-refractivity contribution < 1.29 is 19.1 Å². The fourth-order valence-corrected chi connectivity index (χ4v) is 3.95. The van der Waals surface area contributed by atoms with Crippen LogP contribution in [0.2, 0.25) is 0 Å². The highest BCUT2D eigenvalue weighted by Gasteiger charge is 2.34. The molecule has 0 bridgehead atoms. The Morgan fingerprint density at radius 2 is 2.00 bits per heavy atom. The number of primary amides is 1.